The second-order valence-electron chi connectivity index (χ2n) is 6.88. The number of Topliss-reactive ketones (excluding diaryl/α,β-unsaturated/α-hetero) is 1. The highest BCUT2D eigenvalue weighted by Crippen LogP contribution is 2.38. The van der Waals surface area contributed by atoms with Crippen LogP contribution < -0.4 is 9.64 Å². The summed E-state index contributed by atoms with van der Waals surface area (Å²) in [6.07, 6.45) is 2.65. The highest BCUT2D eigenvalue weighted by molar-refractivity contribution is 8.19. The molecule has 2 aromatic rings. The summed E-state index contributed by atoms with van der Waals surface area (Å²) >= 11 is 7.60. The molecule has 0 spiro atoms. The number of para-hydroxylation sites is 1. The zero-order valence-electron chi connectivity index (χ0n) is 17.3. The standard InChI is InChI=1S/C23H23ClN2O4S/c1-3-10-25-23-26(19-7-5-4-6-15(19)2)22(29)21(31-23)12-16-8-9-20(18(24)11-16)30-14-17(28)13-27/h4-9,11-12,27H,3,10,13-14H2,1-2H3/b21-12-,25-23?. The van der Waals surface area contributed by atoms with Crippen molar-refractivity contribution in [2.75, 3.05) is 24.7 Å². The number of amidine groups is 1. The summed E-state index contributed by atoms with van der Waals surface area (Å²) in [5, 5.41) is 9.75. The molecule has 1 saturated heterocycles. The number of thioether (sulfide) groups is 1. The van der Waals surface area contributed by atoms with Gasteiger partial charge in [0.1, 0.15) is 19.0 Å². The molecule has 2 aromatic carbocycles. The summed E-state index contributed by atoms with van der Waals surface area (Å²) < 4.78 is 5.32. The molecule has 0 bridgehead atoms. The lowest BCUT2D eigenvalue weighted by molar-refractivity contribution is -0.123. The normalized spacial score (nSPS) is 16.4. The lowest BCUT2D eigenvalue weighted by Crippen LogP contribution is -2.29. The molecule has 1 N–H and O–H groups in total. The van der Waals surface area contributed by atoms with Crippen molar-refractivity contribution in [1.29, 1.82) is 0 Å². The maximum absolute atomic E-state index is 13.2. The number of hydrogen-bond donors (Lipinski definition) is 1. The van der Waals surface area contributed by atoms with Crippen LogP contribution in [0.2, 0.25) is 5.02 Å². The lowest BCUT2D eigenvalue weighted by atomic mass is 10.1. The van der Waals surface area contributed by atoms with Gasteiger partial charge in [0.15, 0.2) is 11.0 Å². The summed E-state index contributed by atoms with van der Waals surface area (Å²) in [6.45, 7) is 3.80. The highest BCUT2D eigenvalue weighted by Gasteiger charge is 2.35. The molecule has 1 aliphatic heterocycles. The molecule has 6 nitrogen and oxygen atoms in total. The number of benzene rings is 2. The van der Waals surface area contributed by atoms with Crippen LogP contribution in [0.25, 0.3) is 6.08 Å². The molecular formula is C23H23ClN2O4S. The minimum absolute atomic E-state index is 0.140. The third-order valence-corrected chi connectivity index (χ3v) is 5.75. The number of carbonyl (C=O) groups excluding carboxylic acids is 2. The van der Waals surface area contributed by atoms with E-state index in [1.165, 1.54) is 11.8 Å². The SMILES string of the molecule is CCCN=C1S/C(=C\c2ccc(OCC(=O)CO)c(Cl)c2)C(=O)N1c1ccccc1C. The molecular weight excluding hydrogens is 436 g/mol. The minimum atomic E-state index is -0.583. The molecule has 0 saturated carbocycles. The quantitative estimate of drug-likeness (QED) is 0.590. The van der Waals surface area contributed by atoms with Crippen molar-refractivity contribution in [2.45, 2.75) is 20.3 Å². The Morgan fingerprint density at radius 1 is 1.29 bits per heavy atom. The number of anilines is 1. The zero-order chi connectivity index (χ0) is 22.4. The van der Waals surface area contributed by atoms with E-state index in [-0.39, 0.29) is 12.5 Å². The number of ketones is 1. The number of nitrogens with zero attached hydrogens (tertiary/aromatic N) is 2. The van der Waals surface area contributed by atoms with Crippen LogP contribution in [-0.4, -0.2) is 41.7 Å². The van der Waals surface area contributed by atoms with Gasteiger partial charge in [-0.2, -0.15) is 0 Å². The Labute approximate surface area is 190 Å². The van der Waals surface area contributed by atoms with Gasteiger partial charge in [-0.25, -0.2) is 0 Å². The third kappa shape index (κ3) is 5.55. The van der Waals surface area contributed by atoms with Gasteiger partial charge in [0, 0.05) is 6.54 Å². The van der Waals surface area contributed by atoms with Crippen molar-refractivity contribution in [3.63, 3.8) is 0 Å². The Morgan fingerprint density at radius 2 is 2.06 bits per heavy atom. The fourth-order valence-corrected chi connectivity index (χ4v) is 4.13. The van der Waals surface area contributed by atoms with Crippen molar-refractivity contribution >= 4 is 52.0 Å². The Bertz CT molecular complexity index is 1050. The monoisotopic (exact) mass is 458 g/mol. The molecule has 0 radical (unpaired) electrons. The lowest BCUT2D eigenvalue weighted by Gasteiger charge is -2.17. The number of carbonyl (C=O) groups is 2. The van der Waals surface area contributed by atoms with Gasteiger partial charge in [0.05, 0.1) is 15.6 Å². The van der Waals surface area contributed by atoms with E-state index >= 15 is 0 Å². The fourth-order valence-electron chi connectivity index (χ4n) is 2.89. The molecule has 0 aromatic heterocycles. The Balaban J connectivity index is 1.88. The number of halogens is 1. The summed E-state index contributed by atoms with van der Waals surface area (Å²) in [4.78, 5) is 31.3. The number of rotatable bonds is 8. The second-order valence-corrected chi connectivity index (χ2v) is 8.29. The summed E-state index contributed by atoms with van der Waals surface area (Å²) in [5.41, 5.74) is 2.53. The fraction of sp³-hybridized carbons (Fsp3) is 0.261. The number of aliphatic hydroxyl groups excluding tert-OH is 1. The summed E-state index contributed by atoms with van der Waals surface area (Å²) in [5.74, 6) is -0.243. The van der Waals surface area contributed by atoms with Gasteiger partial charge in [0.25, 0.3) is 5.91 Å². The van der Waals surface area contributed by atoms with E-state index in [4.69, 9.17) is 21.4 Å². The van der Waals surface area contributed by atoms with Gasteiger partial charge < -0.3 is 9.84 Å². The Kier molecular flexibility index (Phi) is 7.90. The van der Waals surface area contributed by atoms with E-state index < -0.39 is 12.4 Å². The van der Waals surface area contributed by atoms with Crippen LogP contribution in [0.5, 0.6) is 5.75 Å². The molecule has 162 valence electrons. The predicted molar refractivity (Wildman–Crippen MR) is 126 cm³/mol. The van der Waals surface area contributed by atoms with E-state index in [1.54, 1.807) is 29.2 Å². The average Bonchev–Trinajstić information content (AvgIpc) is 3.06. The average molecular weight is 459 g/mol. The van der Waals surface area contributed by atoms with E-state index in [2.05, 4.69) is 4.99 Å². The van der Waals surface area contributed by atoms with Gasteiger partial charge in [-0.15, -0.1) is 0 Å². The van der Waals surface area contributed by atoms with Crippen LogP contribution in [0.15, 0.2) is 52.4 Å². The molecule has 0 atom stereocenters. The van der Waals surface area contributed by atoms with E-state index in [1.807, 2.05) is 38.1 Å². The molecule has 0 aliphatic carbocycles. The van der Waals surface area contributed by atoms with E-state index in [9.17, 15) is 9.59 Å². The first-order valence-electron chi connectivity index (χ1n) is 9.83. The maximum Gasteiger partial charge on any atom is 0.271 e. The number of aliphatic imine (C=N–C) groups is 1. The first-order valence-corrected chi connectivity index (χ1v) is 11.0. The highest BCUT2D eigenvalue weighted by atomic mass is 35.5. The van der Waals surface area contributed by atoms with Crippen LogP contribution in [0.1, 0.15) is 24.5 Å². The zero-order valence-corrected chi connectivity index (χ0v) is 18.9. The Morgan fingerprint density at radius 3 is 2.74 bits per heavy atom. The Hall–Kier alpha value is -2.61. The molecule has 0 unspecified atom stereocenters. The van der Waals surface area contributed by atoms with Crippen LogP contribution in [0.3, 0.4) is 0 Å². The molecule has 31 heavy (non-hydrogen) atoms. The smallest absolute Gasteiger partial charge is 0.271 e. The maximum atomic E-state index is 13.2. The van der Waals surface area contributed by atoms with Gasteiger partial charge in [0.2, 0.25) is 0 Å². The number of hydrogen-bond acceptors (Lipinski definition) is 6. The number of aryl methyl sites for hydroxylation is 1. The molecule has 1 fully saturated rings. The van der Waals surface area contributed by atoms with Crippen LogP contribution in [-0.2, 0) is 9.59 Å². The molecule has 3 rings (SSSR count). The predicted octanol–water partition coefficient (Wildman–Crippen LogP) is 4.48. The topological polar surface area (TPSA) is 79.2 Å². The second kappa shape index (κ2) is 10.6. The van der Waals surface area contributed by atoms with Crippen LogP contribution in [0, 0.1) is 6.92 Å². The summed E-state index contributed by atoms with van der Waals surface area (Å²) in [7, 11) is 0. The summed E-state index contributed by atoms with van der Waals surface area (Å²) in [6, 6.07) is 12.8. The number of aliphatic hydroxyl groups is 1. The van der Waals surface area contributed by atoms with E-state index in [0.29, 0.717) is 27.4 Å². The molecule has 1 aliphatic rings. The van der Waals surface area contributed by atoms with Crippen molar-refractivity contribution in [3.8, 4) is 5.75 Å². The first-order chi connectivity index (χ1) is 14.9. The van der Waals surface area contributed by atoms with Crippen molar-refractivity contribution in [1.82, 2.24) is 0 Å². The third-order valence-electron chi connectivity index (χ3n) is 4.45. The number of ether oxygens (including phenoxy) is 1. The van der Waals surface area contributed by atoms with Gasteiger partial charge >= 0.3 is 0 Å². The van der Waals surface area contributed by atoms with Crippen LogP contribution in [0.4, 0.5) is 5.69 Å². The van der Waals surface area contributed by atoms with Gasteiger partial charge in [-0.1, -0.05) is 42.8 Å². The van der Waals surface area contributed by atoms with Crippen molar-refractivity contribution in [2.24, 2.45) is 4.99 Å². The van der Waals surface area contributed by atoms with E-state index in [0.717, 1.165) is 23.2 Å². The van der Waals surface area contributed by atoms with Crippen molar-refractivity contribution < 1.29 is 19.4 Å². The molecule has 1 amide bonds. The van der Waals surface area contributed by atoms with Crippen LogP contribution >= 0.6 is 23.4 Å². The minimum Gasteiger partial charge on any atom is -0.484 e. The largest absolute Gasteiger partial charge is 0.484 e. The number of amides is 1. The van der Waals surface area contributed by atoms with Gasteiger partial charge in [-0.05, 0) is 60.5 Å². The molecule has 1 heterocycles. The van der Waals surface area contributed by atoms with Crippen molar-refractivity contribution in [3.05, 3.63) is 63.5 Å². The molecule has 8 heteroatoms. The first kappa shape index (κ1) is 23.1. The van der Waals surface area contributed by atoms with Gasteiger partial charge in [-0.3, -0.25) is 19.5 Å².